The largest absolute Gasteiger partial charge is 0.493 e. The summed E-state index contributed by atoms with van der Waals surface area (Å²) < 4.78 is 16.8. The molecule has 0 unspecified atom stereocenters. The maximum Gasteiger partial charge on any atom is 0.191 e. The summed E-state index contributed by atoms with van der Waals surface area (Å²) in [4.78, 5) is 6.58. The zero-order chi connectivity index (χ0) is 20.6. The normalized spacial score (nSPS) is 11.2. The van der Waals surface area contributed by atoms with Crippen molar-refractivity contribution < 1.29 is 14.2 Å². The van der Waals surface area contributed by atoms with Crippen LogP contribution in [0.1, 0.15) is 32.8 Å². The number of nitrogens with one attached hydrogen (secondary N) is 2. The number of hydrogen-bond acceptors (Lipinski definition) is 5. The van der Waals surface area contributed by atoms with Crippen LogP contribution in [0.2, 0.25) is 0 Å². The van der Waals surface area contributed by atoms with Crippen LogP contribution in [-0.2, 0) is 11.3 Å². The number of guanidine groups is 1. The summed E-state index contributed by atoms with van der Waals surface area (Å²) in [7, 11) is 3.44. The Balaban J connectivity index is 0.00000784. The Morgan fingerprint density at radius 3 is 2.45 bits per heavy atom. The highest BCUT2D eigenvalue weighted by molar-refractivity contribution is 14.0. The molecule has 1 rings (SSSR count). The van der Waals surface area contributed by atoms with Crippen molar-refractivity contribution in [3.63, 3.8) is 0 Å². The van der Waals surface area contributed by atoms with Crippen molar-refractivity contribution in [2.45, 2.75) is 33.7 Å². The summed E-state index contributed by atoms with van der Waals surface area (Å²) in [5, 5.41) is 6.60. The molecule has 29 heavy (non-hydrogen) atoms. The lowest BCUT2D eigenvalue weighted by Gasteiger charge is -2.19. The summed E-state index contributed by atoms with van der Waals surface area (Å²) >= 11 is 0. The van der Waals surface area contributed by atoms with Gasteiger partial charge in [0.25, 0.3) is 0 Å². The molecule has 168 valence electrons. The lowest BCUT2D eigenvalue weighted by Crippen LogP contribution is -2.37. The fourth-order valence-electron chi connectivity index (χ4n) is 2.70. The number of nitrogens with zero attached hydrogens (tertiary/aromatic N) is 2. The highest BCUT2D eigenvalue weighted by Crippen LogP contribution is 2.28. The summed E-state index contributed by atoms with van der Waals surface area (Å²) in [6, 6.07) is 6.02. The van der Waals surface area contributed by atoms with Crippen LogP contribution >= 0.6 is 24.0 Å². The summed E-state index contributed by atoms with van der Waals surface area (Å²) in [5.41, 5.74) is 1.10. The Hall–Kier alpha value is -1.26. The van der Waals surface area contributed by atoms with Crippen molar-refractivity contribution in [2.75, 3.05) is 60.2 Å². The van der Waals surface area contributed by atoms with Gasteiger partial charge in [0, 0.05) is 39.9 Å². The van der Waals surface area contributed by atoms with Crippen LogP contribution in [0.25, 0.3) is 0 Å². The van der Waals surface area contributed by atoms with E-state index in [0.717, 1.165) is 68.8 Å². The van der Waals surface area contributed by atoms with Gasteiger partial charge in [0.15, 0.2) is 17.5 Å². The highest BCUT2D eigenvalue weighted by Gasteiger charge is 2.08. The molecule has 0 aromatic heterocycles. The van der Waals surface area contributed by atoms with E-state index in [9.17, 15) is 0 Å². The van der Waals surface area contributed by atoms with E-state index in [1.807, 2.05) is 25.1 Å². The first kappa shape index (κ1) is 27.7. The fraction of sp³-hybridized carbons (Fsp3) is 0.667. The van der Waals surface area contributed by atoms with Gasteiger partial charge in [0.05, 0.1) is 7.11 Å². The van der Waals surface area contributed by atoms with Crippen molar-refractivity contribution in [3.05, 3.63) is 23.8 Å². The molecule has 0 heterocycles. The molecule has 0 spiro atoms. The first-order valence-electron chi connectivity index (χ1n) is 10.2. The third kappa shape index (κ3) is 11.5. The monoisotopic (exact) mass is 522 g/mol. The van der Waals surface area contributed by atoms with Gasteiger partial charge in [-0.1, -0.05) is 19.9 Å². The van der Waals surface area contributed by atoms with E-state index < -0.39 is 0 Å². The number of benzene rings is 1. The Labute approximate surface area is 193 Å². The maximum atomic E-state index is 5.91. The molecule has 2 N–H and O–H groups in total. The molecule has 0 saturated heterocycles. The van der Waals surface area contributed by atoms with E-state index >= 15 is 0 Å². The molecular weight excluding hydrogens is 483 g/mol. The van der Waals surface area contributed by atoms with E-state index in [0.29, 0.717) is 13.2 Å². The number of ether oxygens (including phenoxy) is 3. The van der Waals surface area contributed by atoms with Crippen LogP contribution in [0.4, 0.5) is 0 Å². The standard InChI is InChI=1S/C21H38N4O3.HI/c1-6-25(7-2)13-15-28-19-11-10-18(16-20(19)26-5)17-24-21(22-4)23-12-9-14-27-8-3;/h10-11,16H,6-9,12-15,17H2,1-5H3,(H2,22,23,24);1H. The molecule has 0 fully saturated rings. The second-order valence-corrected chi connectivity index (χ2v) is 6.26. The zero-order valence-corrected chi connectivity index (χ0v) is 21.0. The van der Waals surface area contributed by atoms with E-state index in [-0.39, 0.29) is 24.0 Å². The van der Waals surface area contributed by atoms with Gasteiger partial charge in [-0.3, -0.25) is 4.99 Å². The predicted molar refractivity (Wildman–Crippen MR) is 131 cm³/mol. The maximum absolute atomic E-state index is 5.91. The molecule has 0 amide bonds. The van der Waals surface area contributed by atoms with Gasteiger partial charge in [-0.15, -0.1) is 24.0 Å². The Kier molecular flexibility index (Phi) is 16.8. The lowest BCUT2D eigenvalue weighted by atomic mass is 10.2. The summed E-state index contributed by atoms with van der Waals surface area (Å²) in [5.74, 6) is 2.30. The molecule has 0 aliphatic rings. The first-order chi connectivity index (χ1) is 13.7. The minimum Gasteiger partial charge on any atom is -0.493 e. The predicted octanol–water partition coefficient (Wildman–Crippen LogP) is 3.13. The molecule has 1 aromatic rings. The number of aliphatic imine (C=N–C) groups is 1. The molecule has 7 nitrogen and oxygen atoms in total. The van der Waals surface area contributed by atoms with E-state index in [2.05, 4.69) is 34.4 Å². The SMILES string of the molecule is CCOCCCNC(=NC)NCc1ccc(OCCN(CC)CC)c(OC)c1.I. The van der Waals surface area contributed by atoms with Crippen LogP contribution in [-0.4, -0.2) is 71.0 Å². The van der Waals surface area contributed by atoms with Crippen LogP contribution in [0.15, 0.2) is 23.2 Å². The van der Waals surface area contributed by atoms with Crippen LogP contribution in [0.5, 0.6) is 11.5 Å². The third-order valence-electron chi connectivity index (χ3n) is 4.43. The highest BCUT2D eigenvalue weighted by atomic mass is 127. The van der Waals surface area contributed by atoms with E-state index in [1.165, 1.54) is 0 Å². The molecular formula is C21H39IN4O3. The molecule has 0 radical (unpaired) electrons. The van der Waals surface area contributed by atoms with Crippen molar-refractivity contribution in [1.82, 2.24) is 15.5 Å². The Bertz CT molecular complexity index is 569. The molecule has 8 heteroatoms. The minimum atomic E-state index is 0. The first-order valence-corrected chi connectivity index (χ1v) is 10.2. The van der Waals surface area contributed by atoms with Crippen LogP contribution in [0.3, 0.4) is 0 Å². The van der Waals surface area contributed by atoms with E-state index in [4.69, 9.17) is 14.2 Å². The number of methoxy groups -OCH3 is 1. The topological polar surface area (TPSA) is 67.3 Å². The second-order valence-electron chi connectivity index (χ2n) is 6.26. The third-order valence-corrected chi connectivity index (χ3v) is 4.43. The minimum absolute atomic E-state index is 0. The van der Waals surface area contributed by atoms with Crippen molar-refractivity contribution in [3.8, 4) is 11.5 Å². The van der Waals surface area contributed by atoms with Gasteiger partial charge in [-0.2, -0.15) is 0 Å². The molecule has 0 atom stereocenters. The number of hydrogen-bond donors (Lipinski definition) is 2. The van der Waals surface area contributed by atoms with Gasteiger partial charge in [-0.25, -0.2) is 0 Å². The number of halogens is 1. The van der Waals surface area contributed by atoms with Gasteiger partial charge < -0.3 is 29.7 Å². The lowest BCUT2D eigenvalue weighted by molar-refractivity contribution is 0.145. The number of rotatable bonds is 14. The molecule has 0 saturated carbocycles. The average Bonchev–Trinajstić information content (AvgIpc) is 2.73. The van der Waals surface area contributed by atoms with Crippen LogP contribution in [0, 0.1) is 0 Å². The molecule has 0 aliphatic heterocycles. The summed E-state index contributed by atoms with van der Waals surface area (Å²) in [6.07, 6.45) is 0.946. The van der Waals surface area contributed by atoms with Gasteiger partial charge in [-0.05, 0) is 44.1 Å². The average molecular weight is 522 g/mol. The fourth-order valence-corrected chi connectivity index (χ4v) is 2.70. The zero-order valence-electron chi connectivity index (χ0n) is 18.6. The molecule has 1 aromatic carbocycles. The van der Waals surface area contributed by atoms with E-state index in [1.54, 1.807) is 14.2 Å². The Morgan fingerprint density at radius 2 is 1.83 bits per heavy atom. The van der Waals surface area contributed by atoms with Crippen LogP contribution < -0.4 is 20.1 Å². The summed E-state index contributed by atoms with van der Waals surface area (Å²) in [6.45, 7) is 12.9. The van der Waals surface area contributed by atoms with Gasteiger partial charge in [0.2, 0.25) is 0 Å². The van der Waals surface area contributed by atoms with Crippen molar-refractivity contribution in [1.29, 1.82) is 0 Å². The number of likely N-dealkylation sites (N-methyl/N-ethyl adjacent to an activating group) is 1. The van der Waals surface area contributed by atoms with Gasteiger partial charge >= 0.3 is 0 Å². The second kappa shape index (κ2) is 17.6. The van der Waals surface area contributed by atoms with Crippen molar-refractivity contribution in [2.24, 2.45) is 4.99 Å². The Morgan fingerprint density at radius 1 is 1.07 bits per heavy atom. The smallest absolute Gasteiger partial charge is 0.191 e. The molecule has 0 aliphatic carbocycles. The van der Waals surface area contributed by atoms with Gasteiger partial charge in [0.1, 0.15) is 6.61 Å². The van der Waals surface area contributed by atoms with Crippen molar-refractivity contribution >= 4 is 29.9 Å². The quantitative estimate of drug-likeness (QED) is 0.170. The molecule has 0 bridgehead atoms.